The lowest BCUT2D eigenvalue weighted by Crippen LogP contribution is -2.02. The lowest BCUT2D eigenvalue weighted by atomic mass is 10.0. The van der Waals surface area contributed by atoms with Gasteiger partial charge in [0, 0.05) is 22.9 Å². The first-order valence-corrected chi connectivity index (χ1v) is 10.1. The van der Waals surface area contributed by atoms with Crippen molar-refractivity contribution in [1.82, 2.24) is 4.98 Å². The maximum absolute atomic E-state index is 12.0. The molecule has 0 atom stereocenters. The van der Waals surface area contributed by atoms with Crippen LogP contribution in [-0.4, -0.2) is 4.98 Å². The van der Waals surface area contributed by atoms with E-state index in [0.717, 1.165) is 57.6 Å². The Bertz CT molecular complexity index is 1170. The summed E-state index contributed by atoms with van der Waals surface area (Å²) in [5, 5.41) is 11.4. The molecular weight excluding hydrogens is 356 g/mol. The molecule has 3 aromatic rings. The highest BCUT2D eigenvalue weighted by Crippen LogP contribution is 2.34. The van der Waals surface area contributed by atoms with Crippen LogP contribution in [0.2, 0.25) is 0 Å². The highest BCUT2D eigenvalue weighted by Gasteiger charge is 2.21. The predicted octanol–water partition coefficient (Wildman–Crippen LogP) is 4.77. The molecule has 5 heteroatoms. The van der Waals surface area contributed by atoms with Gasteiger partial charge in [-0.25, -0.2) is 9.78 Å². The van der Waals surface area contributed by atoms with Crippen molar-refractivity contribution < 1.29 is 4.42 Å². The van der Waals surface area contributed by atoms with Crippen LogP contribution < -0.4 is 5.63 Å². The smallest absolute Gasteiger partial charge is 0.336 e. The van der Waals surface area contributed by atoms with Gasteiger partial charge < -0.3 is 4.42 Å². The Morgan fingerprint density at radius 1 is 1.19 bits per heavy atom. The molecule has 0 bridgehead atoms. The number of fused-ring (bicyclic) bond motifs is 2. The second-order valence-corrected chi connectivity index (χ2v) is 8.08. The molecule has 136 valence electrons. The third-order valence-corrected chi connectivity index (χ3v) is 6.41. The van der Waals surface area contributed by atoms with Crippen LogP contribution in [0, 0.1) is 32.1 Å². The number of thioether (sulfide) groups is 1. The lowest BCUT2D eigenvalue weighted by molar-refractivity contribution is 0.559. The Kier molecular flexibility index (Phi) is 4.53. The second-order valence-electron chi connectivity index (χ2n) is 7.12. The number of nitriles is 1. The summed E-state index contributed by atoms with van der Waals surface area (Å²) >= 11 is 1.52. The van der Waals surface area contributed by atoms with Gasteiger partial charge in [-0.15, -0.1) is 11.8 Å². The van der Waals surface area contributed by atoms with E-state index in [1.807, 2.05) is 19.9 Å². The quantitative estimate of drug-likeness (QED) is 0.487. The highest BCUT2D eigenvalue weighted by atomic mass is 32.2. The third kappa shape index (κ3) is 3.15. The van der Waals surface area contributed by atoms with Gasteiger partial charge in [0.15, 0.2) is 0 Å². The third-order valence-electron chi connectivity index (χ3n) is 5.39. The SMILES string of the molecule is Cc1cc2oc(=O)cc(CSc3nc4c(c(C)c3C#N)CCC4)c2cc1C. The standard InChI is InChI=1S/C22H20N2O2S/c1-12-7-17-15(9-21(25)26-20(17)8-13(12)2)11-27-22-18(10-23)14(3)16-5-4-6-19(16)24-22/h7-9H,4-6,11H2,1-3H3. The Morgan fingerprint density at radius 3 is 2.74 bits per heavy atom. The minimum absolute atomic E-state index is 0.347. The summed E-state index contributed by atoms with van der Waals surface area (Å²) in [4.78, 5) is 16.8. The molecule has 0 N–H and O–H groups in total. The molecule has 4 nitrogen and oxygen atoms in total. The second kappa shape index (κ2) is 6.86. The Labute approximate surface area is 162 Å². The largest absolute Gasteiger partial charge is 0.423 e. The first-order valence-electron chi connectivity index (χ1n) is 9.07. The number of benzene rings is 1. The number of hydrogen-bond donors (Lipinski definition) is 0. The van der Waals surface area contributed by atoms with Crippen molar-refractivity contribution in [3.63, 3.8) is 0 Å². The van der Waals surface area contributed by atoms with Gasteiger partial charge in [-0.05, 0) is 80.0 Å². The molecule has 0 saturated carbocycles. The fraction of sp³-hybridized carbons (Fsp3) is 0.318. The van der Waals surface area contributed by atoms with E-state index in [-0.39, 0.29) is 5.63 Å². The number of nitrogens with zero attached hydrogens (tertiary/aromatic N) is 2. The van der Waals surface area contributed by atoms with Crippen LogP contribution in [0.1, 0.15) is 45.5 Å². The summed E-state index contributed by atoms with van der Waals surface area (Å²) in [6.07, 6.45) is 3.09. The van der Waals surface area contributed by atoms with E-state index in [0.29, 0.717) is 16.9 Å². The molecule has 0 unspecified atom stereocenters. The molecule has 2 aromatic heterocycles. The number of pyridine rings is 1. The normalized spacial score (nSPS) is 13.0. The molecule has 1 aliphatic carbocycles. The van der Waals surface area contributed by atoms with Gasteiger partial charge in [-0.2, -0.15) is 5.26 Å². The van der Waals surface area contributed by atoms with Gasteiger partial charge in [0.1, 0.15) is 16.7 Å². The molecular formula is C22H20N2O2S. The van der Waals surface area contributed by atoms with E-state index in [4.69, 9.17) is 9.40 Å². The van der Waals surface area contributed by atoms with Crippen LogP contribution in [0.15, 0.2) is 32.4 Å². The van der Waals surface area contributed by atoms with Gasteiger partial charge in [0.05, 0.1) is 5.56 Å². The number of hydrogen-bond acceptors (Lipinski definition) is 5. The monoisotopic (exact) mass is 376 g/mol. The molecule has 2 heterocycles. The van der Waals surface area contributed by atoms with Crippen LogP contribution >= 0.6 is 11.8 Å². The maximum atomic E-state index is 12.0. The van der Waals surface area contributed by atoms with Crippen LogP contribution in [0.5, 0.6) is 0 Å². The summed E-state index contributed by atoms with van der Waals surface area (Å²) in [5.74, 6) is 0.574. The van der Waals surface area contributed by atoms with Crippen LogP contribution in [0.25, 0.3) is 11.0 Å². The van der Waals surface area contributed by atoms with Gasteiger partial charge in [-0.1, -0.05) is 0 Å². The van der Waals surface area contributed by atoms with Crippen molar-refractivity contribution in [2.24, 2.45) is 0 Å². The van der Waals surface area contributed by atoms with Gasteiger partial charge in [0.2, 0.25) is 0 Å². The average Bonchev–Trinajstić information content (AvgIpc) is 3.10. The fourth-order valence-corrected chi connectivity index (χ4v) is 4.78. The van der Waals surface area contributed by atoms with Gasteiger partial charge in [0.25, 0.3) is 0 Å². The molecule has 0 saturated heterocycles. The van der Waals surface area contributed by atoms with Crippen molar-refractivity contribution in [3.05, 3.63) is 67.7 Å². The Balaban J connectivity index is 1.75. The number of aromatic nitrogens is 1. The minimum Gasteiger partial charge on any atom is -0.423 e. The molecule has 0 radical (unpaired) electrons. The zero-order chi connectivity index (χ0) is 19.1. The average molecular weight is 376 g/mol. The summed E-state index contributed by atoms with van der Waals surface area (Å²) in [6, 6.07) is 7.86. The molecule has 1 aromatic carbocycles. The topological polar surface area (TPSA) is 66.9 Å². The van der Waals surface area contributed by atoms with Crippen LogP contribution in [-0.2, 0) is 18.6 Å². The molecule has 0 fully saturated rings. The van der Waals surface area contributed by atoms with Gasteiger partial charge >= 0.3 is 5.63 Å². The zero-order valence-electron chi connectivity index (χ0n) is 15.7. The number of rotatable bonds is 3. The van der Waals surface area contributed by atoms with E-state index in [2.05, 4.69) is 19.1 Å². The minimum atomic E-state index is -0.347. The van der Waals surface area contributed by atoms with Gasteiger partial charge in [-0.3, -0.25) is 0 Å². The van der Waals surface area contributed by atoms with Crippen LogP contribution in [0.4, 0.5) is 0 Å². The van der Waals surface area contributed by atoms with Crippen molar-refractivity contribution in [2.75, 3.05) is 0 Å². The molecule has 0 spiro atoms. The molecule has 4 rings (SSSR count). The van der Waals surface area contributed by atoms with E-state index in [1.54, 1.807) is 6.07 Å². The first kappa shape index (κ1) is 17.8. The lowest BCUT2D eigenvalue weighted by Gasteiger charge is -2.12. The highest BCUT2D eigenvalue weighted by molar-refractivity contribution is 7.98. The molecule has 1 aliphatic rings. The summed E-state index contributed by atoms with van der Waals surface area (Å²) < 4.78 is 5.38. The van der Waals surface area contributed by atoms with E-state index in [9.17, 15) is 10.1 Å². The first-order chi connectivity index (χ1) is 13.0. The van der Waals surface area contributed by atoms with Crippen molar-refractivity contribution in [2.45, 2.75) is 50.8 Å². The summed E-state index contributed by atoms with van der Waals surface area (Å²) in [7, 11) is 0. The van der Waals surface area contributed by atoms with E-state index in [1.165, 1.54) is 17.3 Å². The van der Waals surface area contributed by atoms with E-state index >= 15 is 0 Å². The maximum Gasteiger partial charge on any atom is 0.336 e. The van der Waals surface area contributed by atoms with Crippen molar-refractivity contribution in [3.8, 4) is 6.07 Å². The van der Waals surface area contributed by atoms with Crippen LogP contribution in [0.3, 0.4) is 0 Å². The molecule has 0 amide bonds. The Morgan fingerprint density at radius 2 is 1.96 bits per heavy atom. The van der Waals surface area contributed by atoms with Crippen molar-refractivity contribution >= 4 is 22.7 Å². The van der Waals surface area contributed by atoms with E-state index < -0.39 is 0 Å². The summed E-state index contributed by atoms with van der Waals surface area (Å²) in [6.45, 7) is 6.08. The van der Waals surface area contributed by atoms with Crippen molar-refractivity contribution in [1.29, 1.82) is 5.26 Å². The predicted molar refractivity (Wildman–Crippen MR) is 107 cm³/mol. The Hall–Kier alpha value is -2.58. The fourth-order valence-electron chi connectivity index (χ4n) is 3.73. The number of aryl methyl sites for hydroxylation is 3. The zero-order valence-corrected chi connectivity index (χ0v) is 16.5. The summed E-state index contributed by atoms with van der Waals surface area (Å²) in [5.41, 5.74) is 7.53. The molecule has 0 aliphatic heterocycles. The molecule has 27 heavy (non-hydrogen) atoms.